The number of carbonyl (C=O) groups is 1. The Morgan fingerprint density at radius 1 is 1.24 bits per heavy atom. The Labute approximate surface area is 100 Å². The van der Waals surface area contributed by atoms with Crippen LogP contribution in [0.15, 0.2) is 0 Å². The fraction of sp³-hybridized carbons (Fsp3) is 0.889. The third-order valence-electron chi connectivity index (χ3n) is 3.08. The third-order valence-corrected chi connectivity index (χ3v) is 5.13. The topological polar surface area (TPSA) is 87.2 Å². The van der Waals surface area contributed by atoms with Crippen LogP contribution in [0.3, 0.4) is 0 Å². The number of carboxylic acids is 1. The highest BCUT2D eigenvalue weighted by molar-refractivity contribution is 7.86. The Kier molecular flexibility index (Phi) is 3.67. The van der Waals surface area contributed by atoms with Gasteiger partial charge in [-0.05, 0) is 12.8 Å². The Morgan fingerprint density at radius 3 is 2.47 bits per heavy atom. The SMILES string of the molecule is O=C(O)[C@@H]1CCCN1S(=O)(=O)N1CCOCC1. The van der Waals surface area contributed by atoms with Crippen molar-refractivity contribution in [2.75, 3.05) is 32.8 Å². The molecule has 0 aliphatic carbocycles. The minimum Gasteiger partial charge on any atom is -0.480 e. The maximum atomic E-state index is 12.2. The van der Waals surface area contributed by atoms with Crippen molar-refractivity contribution in [2.24, 2.45) is 0 Å². The van der Waals surface area contributed by atoms with Gasteiger partial charge in [0, 0.05) is 19.6 Å². The minimum atomic E-state index is -3.65. The second kappa shape index (κ2) is 4.89. The molecular weight excluding hydrogens is 248 g/mol. The first-order valence-electron chi connectivity index (χ1n) is 5.61. The normalized spacial score (nSPS) is 28.4. The molecule has 0 aromatic heterocycles. The summed E-state index contributed by atoms with van der Waals surface area (Å²) in [5.74, 6) is -1.07. The monoisotopic (exact) mass is 264 g/mol. The molecule has 0 saturated carbocycles. The van der Waals surface area contributed by atoms with Crippen LogP contribution in [0.1, 0.15) is 12.8 Å². The predicted molar refractivity (Wildman–Crippen MR) is 58.7 cm³/mol. The van der Waals surface area contributed by atoms with E-state index in [1.165, 1.54) is 4.31 Å². The van der Waals surface area contributed by atoms with Gasteiger partial charge in [-0.2, -0.15) is 17.0 Å². The van der Waals surface area contributed by atoms with E-state index in [1.807, 2.05) is 0 Å². The van der Waals surface area contributed by atoms with E-state index in [0.717, 1.165) is 4.31 Å². The summed E-state index contributed by atoms with van der Waals surface area (Å²) in [6.45, 7) is 1.61. The molecule has 2 aliphatic heterocycles. The van der Waals surface area contributed by atoms with Gasteiger partial charge in [0.2, 0.25) is 0 Å². The number of nitrogens with zero attached hydrogens (tertiary/aromatic N) is 2. The smallest absolute Gasteiger partial charge is 0.322 e. The zero-order chi connectivity index (χ0) is 12.5. The summed E-state index contributed by atoms with van der Waals surface area (Å²) in [6, 6.07) is -0.914. The van der Waals surface area contributed by atoms with E-state index in [0.29, 0.717) is 39.1 Å². The molecule has 1 N–H and O–H groups in total. The van der Waals surface area contributed by atoms with Gasteiger partial charge in [-0.1, -0.05) is 0 Å². The molecule has 7 nitrogen and oxygen atoms in total. The average Bonchev–Trinajstić information content (AvgIpc) is 2.80. The van der Waals surface area contributed by atoms with Crippen LogP contribution in [0.2, 0.25) is 0 Å². The fourth-order valence-corrected chi connectivity index (χ4v) is 3.97. The van der Waals surface area contributed by atoms with Crippen LogP contribution in [0.4, 0.5) is 0 Å². The molecule has 0 spiro atoms. The van der Waals surface area contributed by atoms with Crippen LogP contribution in [0.25, 0.3) is 0 Å². The number of rotatable bonds is 3. The second-order valence-corrected chi connectivity index (χ2v) is 6.01. The van der Waals surface area contributed by atoms with Crippen molar-refractivity contribution in [1.29, 1.82) is 0 Å². The first kappa shape index (κ1) is 12.7. The van der Waals surface area contributed by atoms with Gasteiger partial charge in [-0.3, -0.25) is 4.79 Å². The molecule has 17 heavy (non-hydrogen) atoms. The molecule has 2 rings (SSSR count). The van der Waals surface area contributed by atoms with Crippen LogP contribution >= 0.6 is 0 Å². The quantitative estimate of drug-likeness (QED) is 0.714. The molecule has 0 aromatic carbocycles. The number of hydrogen-bond acceptors (Lipinski definition) is 4. The number of morpholine rings is 1. The molecule has 2 heterocycles. The maximum Gasteiger partial charge on any atom is 0.322 e. The van der Waals surface area contributed by atoms with Gasteiger partial charge < -0.3 is 9.84 Å². The van der Waals surface area contributed by atoms with E-state index >= 15 is 0 Å². The molecule has 2 fully saturated rings. The van der Waals surface area contributed by atoms with E-state index in [1.54, 1.807) is 0 Å². The van der Waals surface area contributed by atoms with Gasteiger partial charge >= 0.3 is 5.97 Å². The number of carboxylic acid groups (broad SMARTS) is 1. The molecule has 0 amide bonds. The van der Waals surface area contributed by atoms with Crippen molar-refractivity contribution >= 4 is 16.2 Å². The van der Waals surface area contributed by atoms with E-state index in [4.69, 9.17) is 9.84 Å². The molecule has 8 heteroatoms. The average molecular weight is 264 g/mol. The highest BCUT2D eigenvalue weighted by Gasteiger charge is 2.41. The van der Waals surface area contributed by atoms with Gasteiger partial charge in [0.25, 0.3) is 10.2 Å². The van der Waals surface area contributed by atoms with Gasteiger partial charge in [0.15, 0.2) is 0 Å². The molecule has 0 radical (unpaired) electrons. The van der Waals surface area contributed by atoms with Crippen LogP contribution in [-0.4, -0.2) is 67.0 Å². The van der Waals surface area contributed by atoms with E-state index in [9.17, 15) is 13.2 Å². The van der Waals surface area contributed by atoms with E-state index in [-0.39, 0.29) is 6.54 Å². The Balaban J connectivity index is 2.16. The van der Waals surface area contributed by atoms with Crippen molar-refractivity contribution in [1.82, 2.24) is 8.61 Å². The molecule has 2 saturated heterocycles. The molecule has 0 bridgehead atoms. The summed E-state index contributed by atoms with van der Waals surface area (Å²) in [4.78, 5) is 11.0. The minimum absolute atomic E-state index is 0.288. The zero-order valence-corrected chi connectivity index (χ0v) is 10.2. The van der Waals surface area contributed by atoms with Gasteiger partial charge in [-0.25, -0.2) is 0 Å². The van der Waals surface area contributed by atoms with Gasteiger partial charge in [0.1, 0.15) is 6.04 Å². The van der Waals surface area contributed by atoms with E-state index < -0.39 is 22.2 Å². The fourth-order valence-electron chi connectivity index (χ4n) is 2.19. The van der Waals surface area contributed by atoms with Crippen LogP contribution in [-0.2, 0) is 19.7 Å². The van der Waals surface area contributed by atoms with Crippen LogP contribution < -0.4 is 0 Å². The lowest BCUT2D eigenvalue weighted by atomic mass is 10.2. The Bertz CT molecular complexity index is 390. The third kappa shape index (κ3) is 2.44. The second-order valence-electron chi connectivity index (χ2n) is 4.13. The van der Waals surface area contributed by atoms with Crippen LogP contribution in [0.5, 0.6) is 0 Å². The number of ether oxygens (including phenoxy) is 1. The molecule has 2 aliphatic rings. The lowest BCUT2D eigenvalue weighted by Gasteiger charge is -2.31. The largest absolute Gasteiger partial charge is 0.480 e. The highest BCUT2D eigenvalue weighted by atomic mass is 32.2. The number of aliphatic carboxylic acids is 1. The maximum absolute atomic E-state index is 12.2. The summed E-state index contributed by atoms with van der Waals surface area (Å²) in [5.41, 5.74) is 0. The standard InChI is InChI=1S/C9H16N2O5S/c12-9(13)8-2-1-3-11(8)17(14,15)10-4-6-16-7-5-10/h8H,1-7H2,(H,12,13)/t8-/m0/s1. The molecule has 98 valence electrons. The molecular formula is C9H16N2O5S. The van der Waals surface area contributed by atoms with Crippen LogP contribution in [0, 0.1) is 0 Å². The first-order chi connectivity index (χ1) is 8.03. The van der Waals surface area contributed by atoms with Gasteiger partial charge in [0.05, 0.1) is 13.2 Å². The Morgan fingerprint density at radius 2 is 1.88 bits per heavy atom. The van der Waals surface area contributed by atoms with Crippen molar-refractivity contribution in [2.45, 2.75) is 18.9 Å². The highest BCUT2D eigenvalue weighted by Crippen LogP contribution is 2.23. The van der Waals surface area contributed by atoms with Gasteiger partial charge in [-0.15, -0.1) is 0 Å². The summed E-state index contributed by atoms with van der Waals surface area (Å²) in [7, 11) is -3.65. The number of hydrogen-bond donors (Lipinski definition) is 1. The molecule has 0 unspecified atom stereocenters. The van der Waals surface area contributed by atoms with E-state index in [2.05, 4.69) is 0 Å². The lowest BCUT2D eigenvalue weighted by Crippen LogP contribution is -2.51. The van der Waals surface area contributed by atoms with Crippen molar-refractivity contribution in [3.8, 4) is 0 Å². The summed E-state index contributed by atoms with van der Waals surface area (Å²) in [5, 5.41) is 9.00. The predicted octanol–water partition coefficient (Wildman–Crippen LogP) is -0.888. The summed E-state index contributed by atoms with van der Waals surface area (Å²) in [6.07, 6.45) is 0.986. The molecule has 0 aromatic rings. The van der Waals surface area contributed by atoms with Crippen molar-refractivity contribution < 1.29 is 23.1 Å². The van der Waals surface area contributed by atoms with Crippen molar-refractivity contribution in [3.05, 3.63) is 0 Å². The lowest BCUT2D eigenvalue weighted by molar-refractivity contribution is -0.140. The molecule has 1 atom stereocenters. The summed E-state index contributed by atoms with van der Waals surface area (Å²) < 4.78 is 32.0. The summed E-state index contributed by atoms with van der Waals surface area (Å²) >= 11 is 0. The zero-order valence-electron chi connectivity index (χ0n) is 9.41. The Hall–Kier alpha value is -0.700. The van der Waals surface area contributed by atoms with Crippen molar-refractivity contribution in [3.63, 3.8) is 0 Å². The first-order valence-corrected chi connectivity index (χ1v) is 7.00.